The van der Waals surface area contributed by atoms with Crippen molar-refractivity contribution in [1.82, 2.24) is 9.88 Å². The molecular weight excluding hydrogens is 336 g/mol. The van der Waals surface area contributed by atoms with Crippen LogP contribution in [0.3, 0.4) is 0 Å². The van der Waals surface area contributed by atoms with Crippen LogP contribution in [0.2, 0.25) is 5.02 Å². The number of hydrogen-bond acceptors (Lipinski definition) is 2. The number of para-hydroxylation sites is 1. The second kappa shape index (κ2) is 7.11. The average Bonchev–Trinajstić information content (AvgIpc) is 2.62. The van der Waals surface area contributed by atoms with E-state index in [1.165, 1.54) is 0 Å². The highest BCUT2D eigenvalue weighted by molar-refractivity contribution is 6.30. The molecule has 1 heterocycles. The fourth-order valence-corrected chi connectivity index (χ4v) is 3.00. The van der Waals surface area contributed by atoms with E-state index in [2.05, 4.69) is 5.32 Å². The molecule has 3 rings (SSSR count). The molecule has 1 aromatic heterocycles. The lowest BCUT2D eigenvalue weighted by Gasteiger charge is -2.16. The van der Waals surface area contributed by atoms with E-state index in [0.29, 0.717) is 17.0 Å². The van der Waals surface area contributed by atoms with E-state index in [0.717, 1.165) is 11.1 Å². The predicted molar refractivity (Wildman–Crippen MR) is 101 cm³/mol. The van der Waals surface area contributed by atoms with Crippen LogP contribution in [0.1, 0.15) is 35.8 Å². The SMILES string of the molecule is CCn1cc(C(=O)N[C@H](C)c2ccc(Cl)cc2)c(=O)c2ccccc21. The first-order valence-corrected chi connectivity index (χ1v) is 8.57. The molecule has 1 amide bonds. The summed E-state index contributed by atoms with van der Waals surface area (Å²) in [5.74, 6) is -0.375. The van der Waals surface area contributed by atoms with Crippen molar-refractivity contribution < 1.29 is 4.79 Å². The van der Waals surface area contributed by atoms with Crippen molar-refractivity contribution in [3.8, 4) is 0 Å². The number of aromatic nitrogens is 1. The van der Waals surface area contributed by atoms with Crippen molar-refractivity contribution in [2.24, 2.45) is 0 Å². The molecule has 128 valence electrons. The van der Waals surface area contributed by atoms with Gasteiger partial charge in [-0.25, -0.2) is 0 Å². The molecule has 4 nitrogen and oxygen atoms in total. The Bertz CT molecular complexity index is 977. The lowest BCUT2D eigenvalue weighted by molar-refractivity contribution is 0.0938. The first kappa shape index (κ1) is 17.2. The smallest absolute Gasteiger partial charge is 0.257 e. The minimum absolute atomic E-state index is 0.154. The van der Waals surface area contributed by atoms with E-state index in [1.807, 2.05) is 48.7 Å². The van der Waals surface area contributed by atoms with Crippen molar-refractivity contribution in [3.05, 3.63) is 81.1 Å². The number of halogens is 1. The Hall–Kier alpha value is -2.59. The highest BCUT2D eigenvalue weighted by atomic mass is 35.5. The number of nitrogens with zero attached hydrogens (tertiary/aromatic N) is 1. The monoisotopic (exact) mass is 354 g/mol. The van der Waals surface area contributed by atoms with E-state index < -0.39 is 0 Å². The lowest BCUT2D eigenvalue weighted by atomic mass is 10.1. The molecule has 2 aromatic carbocycles. The first-order chi connectivity index (χ1) is 12.0. The number of amides is 1. The Morgan fingerprint density at radius 2 is 1.84 bits per heavy atom. The van der Waals surface area contributed by atoms with E-state index in [9.17, 15) is 9.59 Å². The van der Waals surface area contributed by atoms with Crippen molar-refractivity contribution in [3.63, 3.8) is 0 Å². The number of rotatable bonds is 4. The Morgan fingerprint density at radius 3 is 2.52 bits per heavy atom. The molecule has 3 aromatic rings. The van der Waals surface area contributed by atoms with Crippen LogP contribution in [0.15, 0.2) is 59.5 Å². The molecule has 5 heteroatoms. The maximum absolute atomic E-state index is 12.7. The Balaban J connectivity index is 1.95. The van der Waals surface area contributed by atoms with Gasteiger partial charge in [0.2, 0.25) is 5.43 Å². The van der Waals surface area contributed by atoms with E-state index in [-0.39, 0.29) is 22.9 Å². The van der Waals surface area contributed by atoms with Gasteiger partial charge in [-0.3, -0.25) is 9.59 Å². The minimum atomic E-state index is -0.375. The second-order valence-electron chi connectivity index (χ2n) is 5.92. The third kappa shape index (κ3) is 3.44. The average molecular weight is 355 g/mol. The maximum Gasteiger partial charge on any atom is 0.257 e. The van der Waals surface area contributed by atoms with Crippen LogP contribution in [0.4, 0.5) is 0 Å². The molecule has 0 bridgehead atoms. The van der Waals surface area contributed by atoms with Crippen molar-refractivity contribution in [2.45, 2.75) is 26.4 Å². The van der Waals surface area contributed by atoms with Gasteiger partial charge < -0.3 is 9.88 Å². The summed E-state index contributed by atoms with van der Waals surface area (Å²) in [6.07, 6.45) is 1.63. The molecule has 0 aliphatic rings. The number of fused-ring (bicyclic) bond motifs is 1. The fraction of sp³-hybridized carbons (Fsp3) is 0.200. The van der Waals surface area contributed by atoms with Gasteiger partial charge in [0.1, 0.15) is 5.56 Å². The summed E-state index contributed by atoms with van der Waals surface area (Å²) in [5, 5.41) is 4.09. The summed E-state index contributed by atoms with van der Waals surface area (Å²) < 4.78 is 1.92. The molecule has 1 atom stereocenters. The van der Waals surface area contributed by atoms with Crippen LogP contribution in [-0.2, 0) is 6.54 Å². The molecule has 0 fully saturated rings. The summed E-state index contributed by atoms with van der Waals surface area (Å²) in [4.78, 5) is 25.4. The Morgan fingerprint density at radius 1 is 1.16 bits per heavy atom. The zero-order valence-electron chi connectivity index (χ0n) is 14.1. The number of benzene rings is 2. The summed E-state index contributed by atoms with van der Waals surface area (Å²) in [5.41, 5.74) is 1.66. The van der Waals surface area contributed by atoms with Crippen LogP contribution >= 0.6 is 11.6 Å². The quantitative estimate of drug-likeness (QED) is 0.764. The number of aryl methyl sites for hydroxylation is 1. The van der Waals surface area contributed by atoms with Gasteiger partial charge in [0, 0.05) is 23.2 Å². The zero-order valence-corrected chi connectivity index (χ0v) is 14.9. The maximum atomic E-state index is 12.7. The Kier molecular flexibility index (Phi) is 4.91. The summed E-state index contributed by atoms with van der Waals surface area (Å²) >= 11 is 5.90. The predicted octanol–water partition coefficient (Wildman–Crippen LogP) is 4.17. The number of pyridine rings is 1. The normalized spacial score (nSPS) is 12.1. The molecule has 0 aliphatic carbocycles. The van der Waals surface area contributed by atoms with Crippen molar-refractivity contribution in [2.75, 3.05) is 0 Å². The molecule has 0 aliphatic heterocycles. The van der Waals surface area contributed by atoms with Crippen LogP contribution in [0, 0.1) is 0 Å². The van der Waals surface area contributed by atoms with Crippen LogP contribution in [-0.4, -0.2) is 10.5 Å². The number of nitrogens with one attached hydrogen (secondary N) is 1. The van der Waals surface area contributed by atoms with E-state index >= 15 is 0 Å². The standard InChI is InChI=1S/C20H19ClN2O2/c1-3-23-12-17(19(24)16-6-4-5-7-18(16)23)20(25)22-13(2)14-8-10-15(21)11-9-14/h4-13H,3H2,1-2H3,(H,22,25)/t13-/m1/s1. The molecule has 0 radical (unpaired) electrons. The van der Waals surface area contributed by atoms with E-state index in [4.69, 9.17) is 11.6 Å². The van der Waals surface area contributed by atoms with Gasteiger partial charge in [0.05, 0.1) is 11.6 Å². The minimum Gasteiger partial charge on any atom is -0.347 e. The zero-order chi connectivity index (χ0) is 18.0. The first-order valence-electron chi connectivity index (χ1n) is 8.19. The van der Waals surface area contributed by atoms with Crippen molar-refractivity contribution in [1.29, 1.82) is 0 Å². The van der Waals surface area contributed by atoms with Gasteiger partial charge in [-0.1, -0.05) is 35.9 Å². The fourth-order valence-electron chi connectivity index (χ4n) is 2.88. The molecule has 25 heavy (non-hydrogen) atoms. The third-order valence-corrected chi connectivity index (χ3v) is 4.54. The number of carbonyl (C=O) groups excluding carboxylic acids is 1. The highest BCUT2D eigenvalue weighted by Crippen LogP contribution is 2.17. The van der Waals surface area contributed by atoms with Gasteiger partial charge in [-0.05, 0) is 43.7 Å². The van der Waals surface area contributed by atoms with Gasteiger partial charge in [0.15, 0.2) is 0 Å². The van der Waals surface area contributed by atoms with Gasteiger partial charge in [-0.2, -0.15) is 0 Å². The summed E-state index contributed by atoms with van der Waals surface area (Å²) in [6.45, 7) is 4.53. The molecule has 1 N–H and O–H groups in total. The second-order valence-corrected chi connectivity index (χ2v) is 6.36. The molecular formula is C20H19ClN2O2. The van der Waals surface area contributed by atoms with Gasteiger partial charge in [0.25, 0.3) is 5.91 Å². The van der Waals surface area contributed by atoms with E-state index in [1.54, 1.807) is 24.4 Å². The highest BCUT2D eigenvalue weighted by Gasteiger charge is 2.17. The molecule has 0 unspecified atom stereocenters. The largest absolute Gasteiger partial charge is 0.347 e. The van der Waals surface area contributed by atoms with Gasteiger partial charge in [-0.15, -0.1) is 0 Å². The number of hydrogen-bond donors (Lipinski definition) is 1. The lowest BCUT2D eigenvalue weighted by Crippen LogP contribution is -2.31. The molecule has 0 saturated heterocycles. The van der Waals surface area contributed by atoms with Crippen LogP contribution in [0.25, 0.3) is 10.9 Å². The van der Waals surface area contributed by atoms with Crippen LogP contribution < -0.4 is 10.7 Å². The van der Waals surface area contributed by atoms with Crippen molar-refractivity contribution >= 4 is 28.4 Å². The molecule has 0 spiro atoms. The van der Waals surface area contributed by atoms with Gasteiger partial charge >= 0.3 is 0 Å². The summed E-state index contributed by atoms with van der Waals surface area (Å²) in [7, 11) is 0. The third-order valence-electron chi connectivity index (χ3n) is 4.29. The summed E-state index contributed by atoms with van der Waals surface area (Å²) in [6, 6.07) is 14.4. The topological polar surface area (TPSA) is 51.1 Å². The van der Waals surface area contributed by atoms with Crippen LogP contribution in [0.5, 0.6) is 0 Å². The number of carbonyl (C=O) groups is 1. The Labute approximate surface area is 151 Å². The molecule has 0 saturated carbocycles.